The van der Waals surface area contributed by atoms with Crippen LogP contribution in [0.2, 0.25) is 0 Å². The molecule has 2 aromatic carbocycles. The first-order chi connectivity index (χ1) is 18.1. The number of hydrogen-bond donors (Lipinski definition) is 1. The number of rotatable bonds is 6. The molecule has 0 spiro atoms. The normalized spacial score (nSPS) is 16.3. The summed E-state index contributed by atoms with van der Waals surface area (Å²) in [5, 5.41) is 5.27. The first kappa shape index (κ1) is 23.7. The maximum absolute atomic E-state index is 13.8. The summed E-state index contributed by atoms with van der Waals surface area (Å²) < 4.78 is 12.3. The van der Waals surface area contributed by atoms with Crippen LogP contribution in [0.15, 0.2) is 63.6 Å². The van der Waals surface area contributed by atoms with E-state index in [1.165, 1.54) is 16.6 Å². The number of thioether (sulfide) groups is 1. The average molecular weight is 533 g/mol. The monoisotopic (exact) mass is 532 g/mol. The SMILES string of the molecule is CC1CCc2c(sc3nc(SCC(=O)N/N=C/c4ccc5c(c4)OCO5)n(-c4ccccc4)c(=O)c23)C1. The molecule has 0 saturated heterocycles. The summed E-state index contributed by atoms with van der Waals surface area (Å²) in [5.74, 6) is 1.71. The van der Waals surface area contributed by atoms with Crippen molar-refractivity contribution in [3.63, 3.8) is 0 Å². The minimum absolute atomic E-state index is 0.0609. The quantitative estimate of drug-likeness (QED) is 0.170. The molecule has 6 rings (SSSR count). The lowest BCUT2D eigenvalue weighted by molar-refractivity contribution is -0.118. The molecule has 0 saturated carbocycles. The highest BCUT2D eigenvalue weighted by Gasteiger charge is 2.25. The predicted molar refractivity (Wildman–Crippen MR) is 145 cm³/mol. The van der Waals surface area contributed by atoms with Gasteiger partial charge in [0.25, 0.3) is 11.5 Å². The zero-order valence-electron chi connectivity index (χ0n) is 20.1. The molecule has 0 fully saturated rings. The van der Waals surface area contributed by atoms with Crippen LogP contribution in [0.3, 0.4) is 0 Å². The first-order valence-corrected chi connectivity index (χ1v) is 13.8. The maximum atomic E-state index is 13.8. The molecule has 188 valence electrons. The number of hydrogen-bond acceptors (Lipinski definition) is 8. The van der Waals surface area contributed by atoms with Gasteiger partial charge in [0.1, 0.15) is 4.83 Å². The molecule has 3 heterocycles. The van der Waals surface area contributed by atoms with Crippen molar-refractivity contribution in [3.05, 3.63) is 74.9 Å². The molecule has 2 aliphatic rings. The number of nitrogens with one attached hydrogen (secondary N) is 1. The highest BCUT2D eigenvalue weighted by molar-refractivity contribution is 7.99. The first-order valence-electron chi connectivity index (χ1n) is 12.0. The molecule has 4 aromatic rings. The van der Waals surface area contributed by atoms with E-state index in [-0.39, 0.29) is 24.0 Å². The van der Waals surface area contributed by atoms with Gasteiger partial charge in [-0.2, -0.15) is 5.10 Å². The number of carbonyl (C=O) groups excluding carboxylic acids is 1. The van der Waals surface area contributed by atoms with Gasteiger partial charge < -0.3 is 9.47 Å². The van der Waals surface area contributed by atoms with Crippen LogP contribution in [0.4, 0.5) is 0 Å². The molecule has 1 unspecified atom stereocenters. The second kappa shape index (κ2) is 10.0. The molecular formula is C27H24N4O4S2. The number of aryl methyl sites for hydroxylation is 1. The van der Waals surface area contributed by atoms with Gasteiger partial charge >= 0.3 is 0 Å². The van der Waals surface area contributed by atoms with Gasteiger partial charge in [0.2, 0.25) is 6.79 Å². The maximum Gasteiger partial charge on any atom is 0.267 e. The highest BCUT2D eigenvalue weighted by Crippen LogP contribution is 2.37. The van der Waals surface area contributed by atoms with Crippen molar-refractivity contribution in [2.24, 2.45) is 11.0 Å². The van der Waals surface area contributed by atoms with Gasteiger partial charge in [-0.3, -0.25) is 14.2 Å². The number of hydrazone groups is 1. The van der Waals surface area contributed by atoms with Crippen molar-refractivity contribution < 1.29 is 14.3 Å². The minimum Gasteiger partial charge on any atom is -0.454 e. The number of fused-ring (bicyclic) bond motifs is 4. The van der Waals surface area contributed by atoms with E-state index in [9.17, 15) is 9.59 Å². The molecule has 8 nitrogen and oxygen atoms in total. The van der Waals surface area contributed by atoms with E-state index in [0.29, 0.717) is 22.6 Å². The third-order valence-electron chi connectivity index (χ3n) is 6.44. The van der Waals surface area contributed by atoms with Crippen LogP contribution in [-0.2, 0) is 17.6 Å². The van der Waals surface area contributed by atoms with E-state index in [1.54, 1.807) is 34.3 Å². The third-order valence-corrected chi connectivity index (χ3v) is 8.53. The molecule has 37 heavy (non-hydrogen) atoms. The Morgan fingerprint density at radius 1 is 1.24 bits per heavy atom. The van der Waals surface area contributed by atoms with Crippen molar-refractivity contribution in [1.82, 2.24) is 15.0 Å². The largest absolute Gasteiger partial charge is 0.454 e. The van der Waals surface area contributed by atoms with E-state index in [2.05, 4.69) is 17.5 Å². The molecule has 2 aromatic heterocycles. The van der Waals surface area contributed by atoms with Crippen molar-refractivity contribution in [2.75, 3.05) is 12.5 Å². The standard InChI is InChI=1S/C27H24N4O4S2/c1-16-7-9-19-22(11-16)37-25-24(19)26(33)31(18-5-3-2-4-6-18)27(29-25)36-14-23(32)30-28-13-17-8-10-20-21(12-17)35-15-34-20/h2-6,8,10,12-13,16H,7,9,11,14-15H2,1H3,(H,30,32)/b28-13+. The lowest BCUT2D eigenvalue weighted by Gasteiger charge is -2.17. The predicted octanol–water partition coefficient (Wildman–Crippen LogP) is 4.54. The van der Waals surface area contributed by atoms with Gasteiger partial charge in [-0.15, -0.1) is 11.3 Å². The van der Waals surface area contributed by atoms with E-state index in [0.717, 1.165) is 46.3 Å². The van der Waals surface area contributed by atoms with Crippen molar-refractivity contribution in [1.29, 1.82) is 0 Å². The van der Waals surface area contributed by atoms with Crippen LogP contribution < -0.4 is 20.5 Å². The zero-order chi connectivity index (χ0) is 25.4. The van der Waals surface area contributed by atoms with E-state index >= 15 is 0 Å². The molecule has 0 bridgehead atoms. The Balaban J connectivity index is 1.24. The summed E-state index contributed by atoms with van der Waals surface area (Å²) >= 11 is 2.83. The van der Waals surface area contributed by atoms with Gasteiger partial charge in [0.05, 0.1) is 23.0 Å². The molecule has 1 atom stereocenters. The number of benzene rings is 2. The van der Waals surface area contributed by atoms with Crippen LogP contribution in [-0.4, -0.2) is 34.2 Å². The molecule has 1 aliphatic heterocycles. The van der Waals surface area contributed by atoms with Crippen molar-refractivity contribution in [3.8, 4) is 17.2 Å². The fourth-order valence-electron chi connectivity index (χ4n) is 4.61. The Morgan fingerprint density at radius 2 is 2.08 bits per heavy atom. The summed E-state index contributed by atoms with van der Waals surface area (Å²) in [4.78, 5) is 33.3. The average Bonchev–Trinajstić information content (AvgIpc) is 3.51. The summed E-state index contributed by atoms with van der Waals surface area (Å²) in [5.41, 5.74) is 5.13. The minimum atomic E-state index is -0.296. The van der Waals surface area contributed by atoms with Crippen LogP contribution in [0.25, 0.3) is 15.9 Å². The number of thiophene rings is 1. The smallest absolute Gasteiger partial charge is 0.267 e. The molecule has 1 aliphatic carbocycles. The summed E-state index contributed by atoms with van der Waals surface area (Å²) in [7, 11) is 0. The number of ether oxygens (including phenoxy) is 2. The molecule has 1 amide bonds. The third kappa shape index (κ3) is 4.74. The molecular weight excluding hydrogens is 508 g/mol. The summed E-state index contributed by atoms with van der Waals surface area (Å²) in [6, 6.07) is 14.9. The second-order valence-electron chi connectivity index (χ2n) is 9.10. The van der Waals surface area contributed by atoms with Gasteiger partial charge in [0.15, 0.2) is 16.7 Å². The van der Waals surface area contributed by atoms with Crippen LogP contribution in [0.1, 0.15) is 29.3 Å². The Hall–Kier alpha value is -3.63. The number of aromatic nitrogens is 2. The van der Waals surface area contributed by atoms with Crippen LogP contribution in [0.5, 0.6) is 11.5 Å². The van der Waals surface area contributed by atoms with E-state index in [4.69, 9.17) is 14.5 Å². The molecule has 1 N–H and O–H groups in total. The van der Waals surface area contributed by atoms with Crippen molar-refractivity contribution in [2.45, 2.75) is 31.3 Å². The van der Waals surface area contributed by atoms with Gasteiger partial charge in [-0.05, 0) is 66.6 Å². The zero-order valence-corrected chi connectivity index (χ0v) is 21.7. The van der Waals surface area contributed by atoms with Gasteiger partial charge in [0, 0.05) is 4.88 Å². The van der Waals surface area contributed by atoms with Crippen molar-refractivity contribution >= 4 is 45.4 Å². The summed E-state index contributed by atoms with van der Waals surface area (Å²) in [6.45, 7) is 2.45. The highest BCUT2D eigenvalue weighted by atomic mass is 32.2. The Bertz CT molecular complexity index is 1580. The Kier molecular flexibility index (Phi) is 6.43. The fraction of sp³-hybridized carbons (Fsp3) is 0.259. The molecule has 0 radical (unpaired) electrons. The fourth-order valence-corrected chi connectivity index (χ4v) is 6.84. The lowest BCUT2D eigenvalue weighted by atomic mass is 9.89. The number of para-hydroxylation sites is 1. The second-order valence-corrected chi connectivity index (χ2v) is 11.1. The van der Waals surface area contributed by atoms with Gasteiger partial charge in [-0.1, -0.05) is 36.9 Å². The molecule has 10 heteroatoms. The number of nitrogens with zero attached hydrogens (tertiary/aromatic N) is 3. The number of amides is 1. The lowest BCUT2D eigenvalue weighted by Crippen LogP contribution is -2.24. The summed E-state index contributed by atoms with van der Waals surface area (Å²) in [6.07, 6.45) is 4.50. The van der Waals surface area contributed by atoms with Crippen LogP contribution in [0, 0.1) is 5.92 Å². The van der Waals surface area contributed by atoms with Crippen LogP contribution >= 0.6 is 23.1 Å². The Labute approximate surface area is 221 Å². The van der Waals surface area contributed by atoms with Gasteiger partial charge in [-0.25, -0.2) is 10.4 Å². The topological polar surface area (TPSA) is 94.8 Å². The van der Waals surface area contributed by atoms with E-state index < -0.39 is 0 Å². The Morgan fingerprint density at radius 3 is 2.95 bits per heavy atom. The number of carbonyl (C=O) groups is 1. The van der Waals surface area contributed by atoms with E-state index in [1.807, 2.05) is 36.4 Å².